The van der Waals surface area contributed by atoms with Crippen LogP contribution in [-0.4, -0.2) is 60.0 Å². The molecule has 2 aliphatic rings. The van der Waals surface area contributed by atoms with Crippen molar-refractivity contribution in [1.82, 2.24) is 9.80 Å². The van der Waals surface area contributed by atoms with Gasteiger partial charge >= 0.3 is 0 Å². The molecule has 1 aromatic heterocycles. The molecule has 2 unspecified atom stereocenters. The predicted octanol–water partition coefficient (Wildman–Crippen LogP) is 3.40. The zero-order chi connectivity index (χ0) is 18.7. The summed E-state index contributed by atoms with van der Waals surface area (Å²) in [5.41, 5.74) is 0. The molecule has 2 saturated heterocycles. The summed E-state index contributed by atoms with van der Waals surface area (Å²) < 4.78 is 6.76. The van der Waals surface area contributed by atoms with Crippen molar-refractivity contribution in [3.63, 3.8) is 0 Å². The largest absolute Gasteiger partial charge is 0.372 e. The fourth-order valence-electron chi connectivity index (χ4n) is 3.64. The minimum atomic E-state index is 0.0220. The number of halogens is 1. The average molecular weight is 441 g/mol. The third kappa shape index (κ3) is 4.96. The Labute approximate surface area is 167 Å². The van der Waals surface area contributed by atoms with Crippen LogP contribution in [0.15, 0.2) is 22.0 Å². The van der Waals surface area contributed by atoms with Gasteiger partial charge in [-0.1, -0.05) is 0 Å². The first-order chi connectivity index (χ1) is 12.4. The summed E-state index contributed by atoms with van der Waals surface area (Å²) in [5, 5.41) is 0. The number of hydrogen-bond acceptors (Lipinski definition) is 4. The van der Waals surface area contributed by atoms with Crippen LogP contribution in [0.4, 0.5) is 0 Å². The molecule has 0 N–H and O–H groups in total. The van der Waals surface area contributed by atoms with Gasteiger partial charge in [0.2, 0.25) is 11.8 Å². The van der Waals surface area contributed by atoms with Gasteiger partial charge in [-0.25, -0.2) is 0 Å². The highest BCUT2D eigenvalue weighted by Gasteiger charge is 2.33. The van der Waals surface area contributed by atoms with E-state index in [1.807, 2.05) is 41.9 Å². The SMILES string of the molecule is CC1CN(C(=O)C2CCN(C(=O)/C=C/c3ccc(Br)s3)CC2)CC(C)O1. The number of rotatable bonds is 3. The molecule has 0 bridgehead atoms. The van der Waals surface area contributed by atoms with E-state index in [0.29, 0.717) is 26.2 Å². The first-order valence-electron chi connectivity index (χ1n) is 9.09. The van der Waals surface area contributed by atoms with Crippen molar-refractivity contribution in [3.8, 4) is 0 Å². The van der Waals surface area contributed by atoms with Gasteiger partial charge in [-0.15, -0.1) is 11.3 Å². The van der Waals surface area contributed by atoms with Crippen molar-refractivity contribution in [1.29, 1.82) is 0 Å². The smallest absolute Gasteiger partial charge is 0.246 e. The summed E-state index contributed by atoms with van der Waals surface area (Å²) in [5.74, 6) is 0.265. The molecule has 3 rings (SSSR count). The summed E-state index contributed by atoms with van der Waals surface area (Å²) in [6.45, 7) is 6.64. The Morgan fingerprint density at radius 2 is 1.81 bits per heavy atom. The zero-order valence-electron chi connectivity index (χ0n) is 15.2. The molecule has 2 atom stereocenters. The van der Waals surface area contributed by atoms with Crippen LogP contribution < -0.4 is 0 Å². The lowest BCUT2D eigenvalue weighted by Crippen LogP contribution is -2.51. The molecule has 0 aromatic carbocycles. The van der Waals surface area contributed by atoms with Crippen LogP contribution in [0.1, 0.15) is 31.6 Å². The van der Waals surface area contributed by atoms with Gasteiger partial charge in [0.15, 0.2) is 0 Å². The number of carbonyl (C=O) groups excluding carboxylic acids is 2. The van der Waals surface area contributed by atoms with E-state index in [0.717, 1.165) is 21.5 Å². The zero-order valence-corrected chi connectivity index (χ0v) is 17.6. The van der Waals surface area contributed by atoms with Crippen LogP contribution in [-0.2, 0) is 14.3 Å². The Kier molecular flexibility index (Phi) is 6.53. The summed E-state index contributed by atoms with van der Waals surface area (Å²) in [7, 11) is 0. The van der Waals surface area contributed by atoms with Crippen LogP contribution >= 0.6 is 27.3 Å². The molecule has 0 spiro atoms. The number of nitrogens with zero attached hydrogens (tertiary/aromatic N) is 2. The molecule has 26 heavy (non-hydrogen) atoms. The van der Waals surface area contributed by atoms with Crippen LogP contribution in [0.5, 0.6) is 0 Å². The number of piperidine rings is 1. The third-order valence-corrected chi connectivity index (χ3v) is 6.46. The highest BCUT2D eigenvalue weighted by molar-refractivity contribution is 9.11. The molecule has 2 fully saturated rings. The van der Waals surface area contributed by atoms with Gasteiger partial charge in [0.1, 0.15) is 0 Å². The maximum Gasteiger partial charge on any atom is 0.246 e. The molecule has 5 nitrogen and oxygen atoms in total. The lowest BCUT2D eigenvalue weighted by atomic mass is 9.94. The molecule has 142 valence electrons. The van der Waals surface area contributed by atoms with E-state index in [2.05, 4.69) is 15.9 Å². The van der Waals surface area contributed by atoms with Crippen LogP contribution in [0, 0.1) is 5.92 Å². The van der Waals surface area contributed by atoms with Crippen LogP contribution in [0.25, 0.3) is 6.08 Å². The second-order valence-corrected chi connectivity index (χ2v) is 9.57. The number of ether oxygens (including phenoxy) is 1. The van der Waals surface area contributed by atoms with Gasteiger partial charge in [0, 0.05) is 43.1 Å². The van der Waals surface area contributed by atoms with E-state index < -0.39 is 0 Å². The predicted molar refractivity (Wildman–Crippen MR) is 107 cm³/mol. The molecule has 2 aliphatic heterocycles. The number of amides is 2. The van der Waals surface area contributed by atoms with Gasteiger partial charge in [0.05, 0.1) is 16.0 Å². The van der Waals surface area contributed by atoms with Gasteiger partial charge < -0.3 is 14.5 Å². The highest BCUT2D eigenvalue weighted by atomic mass is 79.9. The normalized spacial score (nSPS) is 25.0. The van der Waals surface area contributed by atoms with Gasteiger partial charge in [-0.05, 0) is 60.8 Å². The Hall–Kier alpha value is -1.18. The second kappa shape index (κ2) is 8.67. The van der Waals surface area contributed by atoms with Crippen molar-refractivity contribution in [3.05, 3.63) is 26.9 Å². The molecular formula is C19H25BrN2O3S. The minimum absolute atomic E-state index is 0.0220. The molecule has 0 saturated carbocycles. The van der Waals surface area contributed by atoms with Gasteiger partial charge in [-0.3, -0.25) is 9.59 Å². The molecule has 2 amide bonds. The molecular weight excluding hydrogens is 416 g/mol. The van der Waals surface area contributed by atoms with Crippen molar-refractivity contribution in [2.45, 2.75) is 38.9 Å². The molecule has 1 aromatic rings. The lowest BCUT2D eigenvalue weighted by Gasteiger charge is -2.39. The first-order valence-corrected chi connectivity index (χ1v) is 10.7. The maximum atomic E-state index is 12.8. The summed E-state index contributed by atoms with van der Waals surface area (Å²) in [4.78, 5) is 30.0. The molecule has 7 heteroatoms. The van der Waals surface area contributed by atoms with Crippen LogP contribution in [0.3, 0.4) is 0 Å². The number of thiophene rings is 1. The second-order valence-electron chi connectivity index (χ2n) is 7.08. The number of hydrogen-bond donors (Lipinski definition) is 0. The Morgan fingerprint density at radius 1 is 1.15 bits per heavy atom. The van der Waals surface area contributed by atoms with Crippen molar-refractivity contribution < 1.29 is 14.3 Å². The average Bonchev–Trinajstić information content (AvgIpc) is 3.03. The van der Waals surface area contributed by atoms with Crippen molar-refractivity contribution in [2.75, 3.05) is 26.2 Å². The fraction of sp³-hybridized carbons (Fsp3) is 0.579. The van der Waals surface area contributed by atoms with E-state index in [4.69, 9.17) is 4.74 Å². The van der Waals surface area contributed by atoms with E-state index in [1.165, 1.54) is 0 Å². The number of likely N-dealkylation sites (tertiary alicyclic amines) is 1. The minimum Gasteiger partial charge on any atom is -0.372 e. The van der Waals surface area contributed by atoms with Crippen molar-refractivity contribution >= 4 is 45.2 Å². The molecule has 0 radical (unpaired) electrons. The lowest BCUT2D eigenvalue weighted by molar-refractivity contribution is -0.149. The quantitative estimate of drug-likeness (QED) is 0.676. The van der Waals surface area contributed by atoms with E-state index in [1.54, 1.807) is 17.4 Å². The summed E-state index contributed by atoms with van der Waals surface area (Å²) in [6.07, 6.45) is 5.14. The summed E-state index contributed by atoms with van der Waals surface area (Å²) in [6, 6.07) is 3.95. The maximum absolute atomic E-state index is 12.8. The fourth-order valence-corrected chi connectivity index (χ4v) is 4.97. The van der Waals surface area contributed by atoms with E-state index in [9.17, 15) is 9.59 Å². The number of carbonyl (C=O) groups is 2. The third-order valence-electron chi connectivity index (χ3n) is 4.87. The van der Waals surface area contributed by atoms with Crippen LogP contribution in [0.2, 0.25) is 0 Å². The highest BCUT2D eigenvalue weighted by Crippen LogP contribution is 2.24. The first kappa shape index (κ1) is 19.6. The topological polar surface area (TPSA) is 49.9 Å². The summed E-state index contributed by atoms with van der Waals surface area (Å²) >= 11 is 5.02. The Bertz CT molecular complexity index is 672. The Balaban J connectivity index is 1.49. The van der Waals surface area contributed by atoms with E-state index >= 15 is 0 Å². The number of morpholine rings is 1. The Morgan fingerprint density at radius 3 is 2.38 bits per heavy atom. The van der Waals surface area contributed by atoms with E-state index in [-0.39, 0.29) is 29.9 Å². The standard InChI is InChI=1S/C19H25BrN2O3S/c1-13-11-22(12-14(2)25-13)19(24)15-7-9-21(10-8-15)18(23)6-4-16-3-5-17(20)26-16/h3-6,13-15H,7-12H2,1-2H3/b6-4+. The van der Waals surface area contributed by atoms with Gasteiger partial charge in [-0.2, -0.15) is 0 Å². The van der Waals surface area contributed by atoms with Crippen molar-refractivity contribution in [2.24, 2.45) is 5.92 Å². The molecule has 0 aliphatic carbocycles. The van der Waals surface area contributed by atoms with Gasteiger partial charge in [0.25, 0.3) is 0 Å². The molecule has 3 heterocycles. The monoisotopic (exact) mass is 440 g/mol.